The van der Waals surface area contributed by atoms with Crippen LogP contribution in [0.2, 0.25) is 0 Å². The van der Waals surface area contributed by atoms with Crippen LogP contribution in [0.5, 0.6) is 0 Å². The van der Waals surface area contributed by atoms with Gasteiger partial charge in [0, 0.05) is 10.2 Å². The van der Waals surface area contributed by atoms with E-state index in [0.717, 1.165) is 15.6 Å². The minimum atomic E-state index is -3.57. The summed E-state index contributed by atoms with van der Waals surface area (Å²) < 4.78 is 25.9. The molecule has 1 aliphatic rings. The summed E-state index contributed by atoms with van der Waals surface area (Å²) in [5.41, 5.74) is 3.19. The first-order chi connectivity index (χ1) is 10.8. The first-order valence-electron chi connectivity index (χ1n) is 7.15. The molecule has 1 aliphatic heterocycles. The highest BCUT2D eigenvalue weighted by Gasteiger charge is 2.45. The Morgan fingerprint density at radius 3 is 2.35 bits per heavy atom. The number of hydrogen-bond donors (Lipinski definition) is 0. The number of carbonyl (C=O) groups is 1. The Morgan fingerprint density at radius 1 is 1.09 bits per heavy atom. The van der Waals surface area contributed by atoms with Crippen LogP contribution in [0.3, 0.4) is 0 Å². The van der Waals surface area contributed by atoms with Crippen LogP contribution in [0.15, 0.2) is 46.9 Å². The molecule has 0 aliphatic carbocycles. The van der Waals surface area contributed by atoms with Crippen molar-refractivity contribution >= 4 is 37.4 Å². The van der Waals surface area contributed by atoms with Crippen LogP contribution in [0, 0.1) is 13.8 Å². The number of amides is 1. The van der Waals surface area contributed by atoms with Gasteiger partial charge in [-0.15, -0.1) is 0 Å². The van der Waals surface area contributed by atoms with Crippen LogP contribution in [-0.2, 0) is 14.6 Å². The average molecular weight is 394 g/mol. The van der Waals surface area contributed by atoms with E-state index in [1.807, 2.05) is 38.1 Å². The summed E-state index contributed by atoms with van der Waals surface area (Å²) in [5, 5.41) is -0.978. The molecule has 0 bridgehead atoms. The molecule has 1 saturated heterocycles. The van der Waals surface area contributed by atoms with Gasteiger partial charge in [-0.3, -0.25) is 9.69 Å². The summed E-state index contributed by atoms with van der Waals surface area (Å²) in [6, 6.07) is 12.8. The van der Waals surface area contributed by atoms with Gasteiger partial charge < -0.3 is 0 Å². The molecule has 1 fully saturated rings. The van der Waals surface area contributed by atoms with E-state index in [4.69, 9.17) is 0 Å². The zero-order valence-electron chi connectivity index (χ0n) is 12.8. The van der Waals surface area contributed by atoms with E-state index in [1.165, 1.54) is 4.90 Å². The van der Waals surface area contributed by atoms with Crippen LogP contribution in [0.4, 0.5) is 5.69 Å². The monoisotopic (exact) mass is 393 g/mol. The summed E-state index contributed by atoms with van der Waals surface area (Å²) >= 11 is 3.36. The topological polar surface area (TPSA) is 54.5 Å². The summed E-state index contributed by atoms with van der Waals surface area (Å²) in [6.45, 7) is 3.86. The van der Waals surface area contributed by atoms with Crippen molar-refractivity contribution in [1.82, 2.24) is 0 Å². The quantitative estimate of drug-likeness (QED) is 0.783. The van der Waals surface area contributed by atoms with E-state index in [1.54, 1.807) is 18.2 Å². The summed E-state index contributed by atoms with van der Waals surface area (Å²) in [5.74, 6) is -0.850. The van der Waals surface area contributed by atoms with Gasteiger partial charge in [0.1, 0.15) is 5.75 Å². The third-order valence-electron chi connectivity index (χ3n) is 3.79. The van der Waals surface area contributed by atoms with Crippen LogP contribution >= 0.6 is 15.9 Å². The lowest BCUT2D eigenvalue weighted by Gasteiger charge is -2.24. The first kappa shape index (κ1) is 16.2. The molecule has 0 saturated carbocycles. The second kappa shape index (κ2) is 5.76. The fraction of sp³-hybridized carbons (Fsp3) is 0.235. The largest absolute Gasteiger partial charge is 0.290 e. The molecule has 3 rings (SSSR count). The number of halogens is 1. The van der Waals surface area contributed by atoms with E-state index in [9.17, 15) is 13.2 Å². The molecule has 0 spiro atoms. The van der Waals surface area contributed by atoms with E-state index in [0.29, 0.717) is 11.3 Å². The Balaban J connectivity index is 2.18. The SMILES string of the molecule is Cc1cc(C)cc(N2C(=O)CS(=O)(=O)C2c2cccc(Br)c2)c1. The van der Waals surface area contributed by atoms with Gasteiger partial charge in [-0.1, -0.05) is 34.1 Å². The molecule has 0 N–H and O–H groups in total. The van der Waals surface area contributed by atoms with Crippen LogP contribution in [0.1, 0.15) is 22.1 Å². The van der Waals surface area contributed by atoms with Crippen LogP contribution in [0.25, 0.3) is 0 Å². The third-order valence-corrected chi connectivity index (χ3v) is 6.09. The van der Waals surface area contributed by atoms with E-state index in [2.05, 4.69) is 15.9 Å². The van der Waals surface area contributed by atoms with E-state index < -0.39 is 21.0 Å². The van der Waals surface area contributed by atoms with Crippen molar-refractivity contribution < 1.29 is 13.2 Å². The van der Waals surface area contributed by atoms with Crippen LogP contribution in [-0.4, -0.2) is 20.1 Å². The zero-order chi connectivity index (χ0) is 16.8. The number of sulfone groups is 1. The van der Waals surface area contributed by atoms with Gasteiger partial charge in [0.2, 0.25) is 5.91 Å². The number of aryl methyl sites for hydroxylation is 2. The molecule has 4 nitrogen and oxygen atoms in total. The summed E-state index contributed by atoms with van der Waals surface area (Å²) in [6.07, 6.45) is 0. The van der Waals surface area contributed by atoms with Gasteiger partial charge in [0.25, 0.3) is 0 Å². The van der Waals surface area contributed by atoms with Gasteiger partial charge in [-0.05, 0) is 54.8 Å². The maximum atomic E-state index is 12.6. The van der Waals surface area contributed by atoms with Crippen molar-refractivity contribution in [3.8, 4) is 0 Å². The van der Waals surface area contributed by atoms with Gasteiger partial charge in [0.05, 0.1) is 0 Å². The van der Waals surface area contributed by atoms with Gasteiger partial charge in [0.15, 0.2) is 15.2 Å². The molecule has 2 aromatic rings. The number of hydrogen-bond acceptors (Lipinski definition) is 3. The maximum absolute atomic E-state index is 12.6. The van der Waals surface area contributed by atoms with Gasteiger partial charge in [-0.2, -0.15) is 0 Å². The fourth-order valence-electron chi connectivity index (χ4n) is 3.00. The smallest absolute Gasteiger partial charge is 0.243 e. The highest BCUT2D eigenvalue weighted by Crippen LogP contribution is 2.38. The molecule has 1 unspecified atom stereocenters. The highest BCUT2D eigenvalue weighted by molar-refractivity contribution is 9.10. The lowest BCUT2D eigenvalue weighted by molar-refractivity contribution is -0.115. The predicted octanol–water partition coefficient (Wildman–Crippen LogP) is 3.53. The first-order valence-corrected chi connectivity index (χ1v) is 9.66. The standard InChI is InChI=1S/C17H16BrNO3S/c1-11-6-12(2)8-15(7-11)19-16(20)10-23(21,22)17(19)13-4-3-5-14(18)9-13/h3-9,17H,10H2,1-2H3. The molecule has 1 atom stereocenters. The molecule has 1 amide bonds. The lowest BCUT2D eigenvalue weighted by Crippen LogP contribution is -2.29. The Hall–Kier alpha value is -1.66. The number of carbonyl (C=O) groups excluding carboxylic acids is 1. The Bertz CT molecular complexity index is 872. The molecule has 23 heavy (non-hydrogen) atoms. The number of rotatable bonds is 2. The second-order valence-electron chi connectivity index (χ2n) is 5.82. The molecular weight excluding hydrogens is 378 g/mol. The van der Waals surface area contributed by atoms with Crippen LogP contribution < -0.4 is 4.90 Å². The normalized spacial score (nSPS) is 20.0. The van der Waals surface area contributed by atoms with Crippen molar-refractivity contribution in [3.05, 3.63) is 63.6 Å². The predicted molar refractivity (Wildman–Crippen MR) is 94.1 cm³/mol. The molecule has 0 radical (unpaired) electrons. The third kappa shape index (κ3) is 3.05. The van der Waals surface area contributed by atoms with E-state index in [-0.39, 0.29) is 5.91 Å². The molecular formula is C17H16BrNO3S. The molecule has 120 valence electrons. The Labute approximate surface area is 144 Å². The maximum Gasteiger partial charge on any atom is 0.243 e. The van der Waals surface area contributed by atoms with E-state index >= 15 is 0 Å². The minimum Gasteiger partial charge on any atom is -0.290 e. The van der Waals surface area contributed by atoms with Gasteiger partial charge in [-0.25, -0.2) is 8.42 Å². The molecule has 6 heteroatoms. The van der Waals surface area contributed by atoms with Crippen molar-refractivity contribution in [3.63, 3.8) is 0 Å². The number of nitrogens with zero attached hydrogens (tertiary/aromatic N) is 1. The summed E-state index contributed by atoms with van der Waals surface area (Å²) in [4.78, 5) is 13.8. The lowest BCUT2D eigenvalue weighted by atomic mass is 10.1. The van der Waals surface area contributed by atoms with Gasteiger partial charge >= 0.3 is 0 Å². The average Bonchev–Trinajstić information content (AvgIpc) is 2.66. The number of anilines is 1. The highest BCUT2D eigenvalue weighted by atomic mass is 79.9. The number of benzene rings is 2. The Kier molecular flexibility index (Phi) is 4.06. The second-order valence-corrected chi connectivity index (χ2v) is 8.80. The molecule has 2 aromatic carbocycles. The van der Waals surface area contributed by atoms with Crippen molar-refractivity contribution in [1.29, 1.82) is 0 Å². The Morgan fingerprint density at radius 2 is 1.74 bits per heavy atom. The fourth-order valence-corrected chi connectivity index (χ4v) is 5.18. The summed E-state index contributed by atoms with van der Waals surface area (Å²) in [7, 11) is -3.57. The molecule has 0 aromatic heterocycles. The minimum absolute atomic E-state index is 0.389. The zero-order valence-corrected chi connectivity index (χ0v) is 15.2. The van der Waals surface area contributed by atoms with Crippen molar-refractivity contribution in [2.24, 2.45) is 0 Å². The van der Waals surface area contributed by atoms with Crippen molar-refractivity contribution in [2.45, 2.75) is 19.2 Å². The molecule has 1 heterocycles. The van der Waals surface area contributed by atoms with Crippen molar-refractivity contribution in [2.75, 3.05) is 10.7 Å².